The quantitative estimate of drug-likeness (QED) is 0.324. The number of esters is 1. The number of nitrogens with one attached hydrogen (secondary N) is 1. The maximum Gasteiger partial charge on any atom is 0.338 e. The number of aliphatic imine (C=N–C) groups is 1. The molecule has 226 valence electrons. The Labute approximate surface area is 244 Å². The fourth-order valence-electron chi connectivity index (χ4n) is 5.47. The highest BCUT2D eigenvalue weighted by molar-refractivity contribution is 7.11. The van der Waals surface area contributed by atoms with E-state index in [1.165, 1.54) is 42.2 Å². The molecule has 5 heterocycles. The van der Waals surface area contributed by atoms with Crippen molar-refractivity contribution in [3.8, 4) is 0 Å². The van der Waals surface area contributed by atoms with E-state index >= 15 is 8.78 Å². The lowest BCUT2D eigenvalue weighted by Gasteiger charge is -2.31. The summed E-state index contributed by atoms with van der Waals surface area (Å²) in [5, 5.41) is 16.0. The Morgan fingerprint density at radius 3 is 2.74 bits per heavy atom. The number of halogens is 3. The third-order valence-corrected chi connectivity index (χ3v) is 8.32. The van der Waals surface area contributed by atoms with E-state index in [1.807, 2.05) is 0 Å². The second kappa shape index (κ2) is 11.4. The van der Waals surface area contributed by atoms with Gasteiger partial charge in [-0.15, -0.1) is 11.3 Å². The molecule has 2 fully saturated rings. The number of alkyl halides is 2. The van der Waals surface area contributed by atoms with Crippen LogP contribution in [0.5, 0.6) is 0 Å². The number of carboxylic acids is 1. The number of fused-ring (bicyclic) bond motifs is 1. The van der Waals surface area contributed by atoms with Crippen molar-refractivity contribution in [2.24, 2.45) is 10.4 Å². The highest BCUT2D eigenvalue weighted by Crippen LogP contribution is 2.42. The molecule has 11 nitrogen and oxygen atoms in total. The van der Waals surface area contributed by atoms with Crippen LogP contribution in [0.2, 0.25) is 0 Å². The summed E-state index contributed by atoms with van der Waals surface area (Å²) in [5.74, 6) is -5.45. The van der Waals surface area contributed by atoms with Crippen LogP contribution >= 0.6 is 11.3 Å². The maximum absolute atomic E-state index is 15.5. The van der Waals surface area contributed by atoms with Gasteiger partial charge in [0.15, 0.2) is 10.8 Å². The normalized spacial score (nSPS) is 24.4. The molecule has 0 aliphatic carbocycles. The van der Waals surface area contributed by atoms with E-state index in [9.17, 15) is 19.1 Å². The first-order chi connectivity index (χ1) is 19.8. The molecular formula is C27H31F3N6O5S. The van der Waals surface area contributed by atoms with Gasteiger partial charge < -0.3 is 15.2 Å². The molecule has 2 aromatic heterocycles. The van der Waals surface area contributed by atoms with Crippen molar-refractivity contribution in [3.05, 3.63) is 57.2 Å². The highest BCUT2D eigenvalue weighted by atomic mass is 32.1. The van der Waals surface area contributed by atoms with E-state index in [-0.39, 0.29) is 37.6 Å². The predicted molar refractivity (Wildman–Crippen MR) is 145 cm³/mol. The fraction of sp³-hybridized carbons (Fsp3) is 0.519. The van der Waals surface area contributed by atoms with Gasteiger partial charge in [-0.05, 0) is 33.8 Å². The number of likely N-dealkylation sites (tertiary alicyclic amines) is 1. The predicted octanol–water partition coefficient (Wildman–Crippen LogP) is 2.94. The molecule has 42 heavy (non-hydrogen) atoms. The van der Waals surface area contributed by atoms with Gasteiger partial charge in [0.2, 0.25) is 5.95 Å². The Bertz CT molecular complexity index is 1430. The van der Waals surface area contributed by atoms with Crippen molar-refractivity contribution in [2.45, 2.75) is 51.7 Å². The topological polar surface area (TPSA) is 129 Å². The number of nitrogens with zero attached hydrogens (tertiary/aromatic N) is 5. The van der Waals surface area contributed by atoms with Crippen molar-refractivity contribution in [2.75, 3.05) is 32.8 Å². The summed E-state index contributed by atoms with van der Waals surface area (Å²) in [6, 6.07) is -0.505. The minimum atomic E-state index is -3.24. The number of carbonyl (C=O) groups excluding carboxylic acids is 1. The second-order valence-corrected chi connectivity index (χ2v) is 11.9. The van der Waals surface area contributed by atoms with Crippen molar-refractivity contribution in [1.29, 1.82) is 0 Å². The van der Waals surface area contributed by atoms with Crippen molar-refractivity contribution in [1.82, 2.24) is 25.2 Å². The zero-order chi connectivity index (χ0) is 30.4. The minimum absolute atomic E-state index is 0.0562. The zero-order valence-electron chi connectivity index (χ0n) is 23.4. The van der Waals surface area contributed by atoms with Gasteiger partial charge >= 0.3 is 11.9 Å². The number of hydrogen-bond donors (Lipinski definition) is 2. The number of hydrogen-bond acceptors (Lipinski definition) is 11. The summed E-state index contributed by atoms with van der Waals surface area (Å²) in [4.78, 5) is 45.2. The number of carboxylic acid groups (broad SMARTS) is 1. The van der Waals surface area contributed by atoms with Crippen LogP contribution in [0.1, 0.15) is 43.1 Å². The molecule has 0 aromatic carbocycles. The molecule has 2 N–H and O–H groups in total. The maximum atomic E-state index is 15.5. The number of hydroxylamine groups is 2. The number of pyridine rings is 1. The van der Waals surface area contributed by atoms with E-state index in [1.54, 1.807) is 25.4 Å². The van der Waals surface area contributed by atoms with Crippen molar-refractivity contribution < 1.29 is 37.4 Å². The lowest BCUT2D eigenvalue weighted by molar-refractivity contribution is -0.199. The third kappa shape index (κ3) is 5.65. The smallest absolute Gasteiger partial charge is 0.338 e. The molecule has 3 aliphatic rings. The van der Waals surface area contributed by atoms with Crippen LogP contribution in [-0.4, -0.2) is 93.7 Å². The molecule has 1 unspecified atom stereocenters. The average molecular weight is 609 g/mol. The Kier molecular flexibility index (Phi) is 8.13. The summed E-state index contributed by atoms with van der Waals surface area (Å²) < 4.78 is 50.3. The van der Waals surface area contributed by atoms with E-state index in [0.717, 1.165) is 5.06 Å². The first-order valence-corrected chi connectivity index (χ1v) is 14.2. The van der Waals surface area contributed by atoms with E-state index < -0.39 is 53.9 Å². The number of rotatable bonds is 9. The number of thiazole rings is 1. The van der Waals surface area contributed by atoms with Gasteiger partial charge in [-0.3, -0.25) is 19.5 Å². The van der Waals surface area contributed by atoms with Gasteiger partial charge in [0.25, 0.3) is 5.92 Å². The first kappa shape index (κ1) is 30.1. The number of ether oxygens (including phenoxy) is 1. The lowest BCUT2D eigenvalue weighted by atomic mass is 9.92. The molecule has 0 saturated carbocycles. The first-order valence-electron chi connectivity index (χ1n) is 13.3. The van der Waals surface area contributed by atoms with Gasteiger partial charge in [-0.25, -0.2) is 23.5 Å². The number of amidine groups is 1. The van der Waals surface area contributed by atoms with Crippen LogP contribution in [-0.2, 0) is 19.2 Å². The average Bonchev–Trinajstić information content (AvgIpc) is 3.63. The molecule has 2 saturated heterocycles. The number of aliphatic carboxylic acids is 1. The van der Waals surface area contributed by atoms with E-state index in [4.69, 9.17) is 14.6 Å². The Balaban J connectivity index is 1.54. The molecule has 0 amide bonds. The SMILES string of the molecule is CCOC(=O)C1=C(CN2CC(F)(F)[C@H]3[C@@H]2CON3CC(C)(C)C(=O)O)NC(c2nccs2)=NC1c1ccc(F)nc1C. The monoisotopic (exact) mass is 608 g/mol. The Morgan fingerprint density at radius 2 is 2.10 bits per heavy atom. The van der Waals surface area contributed by atoms with Crippen LogP contribution in [0.15, 0.2) is 40.0 Å². The fourth-order valence-corrected chi connectivity index (χ4v) is 6.05. The van der Waals surface area contributed by atoms with Crippen LogP contribution in [0.3, 0.4) is 0 Å². The van der Waals surface area contributed by atoms with Gasteiger partial charge in [-0.1, -0.05) is 6.07 Å². The van der Waals surface area contributed by atoms with E-state index in [2.05, 4.69) is 15.3 Å². The van der Waals surface area contributed by atoms with Gasteiger partial charge in [-0.2, -0.15) is 9.45 Å². The standard InChI is InChI=1S/C27H31F3N6O5S/c1-5-40-24(37)19-16(10-35-13-27(29,30)21-17(35)11-41-36(21)12-26(3,4)25(38)39)33-22(23-31-8-9-42-23)34-20(19)15-6-7-18(28)32-14(15)2/h6-9,17,20-21H,5,10-13H2,1-4H3,(H,33,34)(H,38,39)/t17-,20?,21+/m0/s1. The molecule has 3 atom stereocenters. The van der Waals surface area contributed by atoms with Crippen LogP contribution in [0.4, 0.5) is 13.2 Å². The molecule has 0 bridgehead atoms. The Hall–Kier alpha value is -3.40. The van der Waals surface area contributed by atoms with E-state index in [0.29, 0.717) is 22.1 Å². The number of aromatic nitrogens is 2. The number of aryl methyl sites for hydroxylation is 1. The highest BCUT2D eigenvalue weighted by Gasteiger charge is 2.61. The largest absolute Gasteiger partial charge is 0.481 e. The summed E-state index contributed by atoms with van der Waals surface area (Å²) in [6.07, 6.45) is 1.59. The summed E-state index contributed by atoms with van der Waals surface area (Å²) in [7, 11) is 0. The minimum Gasteiger partial charge on any atom is -0.481 e. The molecular weight excluding hydrogens is 577 g/mol. The third-order valence-electron chi connectivity index (χ3n) is 7.54. The second-order valence-electron chi connectivity index (χ2n) is 11.0. The van der Waals surface area contributed by atoms with Crippen LogP contribution in [0, 0.1) is 18.3 Å². The molecule has 15 heteroatoms. The lowest BCUT2D eigenvalue weighted by Crippen LogP contribution is -2.49. The molecule has 0 radical (unpaired) electrons. The summed E-state index contributed by atoms with van der Waals surface area (Å²) in [6.45, 7) is 5.10. The molecule has 2 aromatic rings. The molecule has 0 spiro atoms. The van der Waals surface area contributed by atoms with Crippen molar-refractivity contribution >= 4 is 29.1 Å². The summed E-state index contributed by atoms with van der Waals surface area (Å²) in [5.41, 5.74) is -0.204. The Morgan fingerprint density at radius 1 is 1.33 bits per heavy atom. The van der Waals surface area contributed by atoms with Crippen LogP contribution in [0.25, 0.3) is 0 Å². The van der Waals surface area contributed by atoms with Gasteiger partial charge in [0.1, 0.15) is 12.1 Å². The summed E-state index contributed by atoms with van der Waals surface area (Å²) >= 11 is 1.29. The zero-order valence-corrected chi connectivity index (χ0v) is 24.3. The van der Waals surface area contributed by atoms with Crippen LogP contribution < -0.4 is 5.32 Å². The van der Waals surface area contributed by atoms with Gasteiger partial charge in [0.05, 0.1) is 36.8 Å². The molecule has 5 rings (SSSR count). The van der Waals surface area contributed by atoms with Crippen molar-refractivity contribution in [3.63, 3.8) is 0 Å². The number of carbonyl (C=O) groups is 2. The van der Waals surface area contributed by atoms with Gasteiger partial charge in [0, 0.05) is 41.6 Å². The molecule has 3 aliphatic heterocycles.